The lowest BCUT2D eigenvalue weighted by molar-refractivity contribution is -0.162. The first-order chi connectivity index (χ1) is 8.58. The topological polar surface area (TPSA) is 30.5 Å². The molecule has 1 spiro atoms. The number of ether oxygens (including phenoxy) is 2. The van der Waals surface area contributed by atoms with Crippen molar-refractivity contribution < 1.29 is 18.3 Å². The van der Waals surface area contributed by atoms with Gasteiger partial charge in [0.05, 0.1) is 12.2 Å². The lowest BCUT2D eigenvalue weighted by atomic mass is 9.75. The fourth-order valence-electron chi connectivity index (χ4n) is 3.10. The van der Waals surface area contributed by atoms with Gasteiger partial charge in [-0.25, -0.2) is 8.78 Å². The molecule has 2 rings (SSSR count). The van der Waals surface area contributed by atoms with Crippen LogP contribution in [0.25, 0.3) is 0 Å². The molecule has 1 aliphatic heterocycles. The first kappa shape index (κ1) is 14.2. The fourth-order valence-corrected chi connectivity index (χ4v) is 3.10. The first-order valence-corrected chi connectivity index (χ1v) is 6.82. The van der Waals surface area contributed by atoms with E-state index in [1.807, 2.05) is 0 Å². The Morgan fingerprint density at radius 1 is 1.28 bits per heavy atom. The first-order valence-electron chi connectivity index (χ1n) is 6.82. The van der Waals surface area contributed by atoms with E-state index in [9.17, 15) is 8.78 Å². The van der Waals surface area contributed by atoms with Crippen LogP contribution in [0.4, 0.5) is 8.78 Å². The molecule has 18 heavy (non-hydrogen) atoms. The van der Waals surface area contributed by atoms with Gasteiger partial charge >= 0.3 is 0 Å². The monoisotopic (exact) mass is 263 g/mol. The summed E-state index contributed by atoms with van der Waals surface area (Å²) in [6.45, 7) is 2.16. The minimum Gasteiger partial charge on any atom is -0.385 e. The summed E-state index contributed by atoms with van der Waals surface area (Å²) < 4.78 is 37.5. The van der Waals surface area contributed by atoms with Crippen molar-refractivity contribution in [1.29, 1.82) is 0 Å². The summed E-state index contributed by atoms with van der Waals surface area (Å²) in [5, 5.41) is 3.44. The van der Waals surface area contributed by atoms with Crippen molar-refractivity contribution in [3.8, 4) is 0 Å². The summed E-state index contributed by atoms with van der Waals surface area (Å²) >= 11 is 0. The molecule has 1 N–H and O–H groups in total. The van der Waals surface area contributed by atoms with Gasteiger partial charge in [0.2, 0.25) is 5.92 Å². The molecule has 2 aliphatic rings. The number of rotatable bonds is 4. The summed E-state index contributed by atoms with van der Waals surface area (Å²) in [5.41, 5.74) is -0.367. The molecular weight excluding hydrogens is 240 g/mol. The molecule has 106 valence electrons. The average Bonchev–Trinajstić information content (AvgIpc) is 2.36. The molecule has 0 aromatic carbocycles. The van der Waals surface area contributed by atoms with Crippen molar-refractivity contribution in [3.05, 3.63) is 0 Å². The zero-order valence-electron chi connectivity index (χ0n) is 11.0. The highest BCUT2D eigenvalue weighted by molar-refractivity contribution is 5.00. The fraction of sp³-hybridized carbons (Fsp3) is 1.00. The molecule has 0 aromatic heterocycles. The van der Waals surface area contributed by atoms with Crippen LogP contribution in [-0.4, -0.2) is 44.4 Å². The Labute approximate surface area is 107 Å². The van der Waals surface area contributed by atoms with Gasteiger partial charge in [0.25, 0.3) is 0 Å². The van der Waals surface area contributed by atoms with E-state index in [1.165, 1.54) is 0 Å². The van der Waals surface area contributed by atoms with Gasteiger partial charge in [0.15, 0.2) is 0 Å². The molecular formula is C13H23F2NO2. The van der Waals surface area contributed by atoms with Crippen molar-refractivity contribution in [1.82, 2.24) is 5.32 Å². The second-order valence-corrected chi connectivity index (χ2v) is 5.41. The van der Waals surface area contributed by atoms with Gasteiger partial charge in [0.1, 0.15) is 0 Å². The Balaban J connectivity index is 1.94. The predicted molar refractivity (Wildman–Crippen MR) is 65.0 cm³/mol. The smallest absolute Gasteiger partial charge is 0.248 e. The van der Waals surface area contributed by atoms with Crippen molar-refractivity contribution in [3.63, 3.8) is 0 Å². The third-order valence-corrected chi connectivity index (χ3v) is 4.19. The van der Waals surface area contributed by atoms with E-state index in [0.29, 0.717) is 26.1 Å². The molecule has 0 amide bonds. The van der Waals surface area contributed by atoms with Crippen molar-refractivity contribution >= 4 is 0 Å². The Bertz CT molecular complexity index is 264. The van der Waals surface area contributed by atoms with E-state index in [4.69, 9.17) is 9.47 Å². The lowest BCUT2D eigenvalue weighted by Gasteiger charge is -2.48. The molecule has 1 atom stereocenters. The standard InChI is InChI=1S/C13H23F2NO2/c1-17-9-2-3-11-12(18-10-8-16-11)4-6-13(14,15)7-5-12/h11,16H,2-10H2,1H3. The third-order valence-electron chi connectivity index (χ3n) is 4.19. The van der Waals surface area contributed by atoms with Crippen LogP contribution in [-0.2, 0) is 9.47 Å². The van der Waals surface area contributed by atoms with Crippen LogP contribution >= 0.6 is 0 Å². The Morgan fingerprint density at radius 3 is 2.67 bits per heavy atom. The van der Waals surface area contributed by atoms with E-state index in [2.05, 4.69) is 5.32 Å². The quantitative estimate of drug-likeness (QED) is 0.790. The second kappa shape index (κ2) is 5.80. The molecule has 1 aliphatic carbocycles. The van der Waals surface area contributed by atoms with Crippen LogP contribution < -0.4 is 5.32 Å². The van der Waals surface area contributed by atoms with Crippen molar-refractivity contribution in [2.45, 2.75) is 56.1 Å². The summed E-state index contributed by atoms with van der Waals surface area (Å²) in [7, 11) is 1.68. The maximum atomic E-state index is 13.3. The largest absolute Gasteiger partial charge is 0.385 e. The number of hydrogen-bond acceptors (Lipinski definition) is 3. The third kappa shape index (κ3) is 3.19. The molecule has 0 bridgehead atoms. The number of hydrogen-bond donors (Lipinski definition) is 1. The van der Waals surface area contributed by atoms with Crippen LogP contribution in [0.3, 0.4) is 0 Å². The van der Waals surface area contributed by atoms with E-state index >= 15 is 0 Å². The number of alkyl halides is 2. The number of halogens is 2. The van der Waals surface area contributed by atoms with Gasteiger partial charge in [-0.3, -0.25) is 0 Å². The normalized spacial score (nSPS) is 30.5. The molecule has 0 aromatic rings. The zero-order valence-corrected chi connectivity index (χ0v) is 11.0. The minimum atomic E-state index is -2.50. The number of morpholine rings is 1. The molecule has 1 saturated carbocycles. The molecule has 0 radical (unpaired) electrons. The number of nitrogens with one attached hydrogen (secondary N) is 1. The van der Waals surface area contributed by atoms with Crippen LogP contribution in [0.2, 0.25) is 0 Å². The van der Waals surface area contributed by atoms with E-state index < -0.39 is 5.92 Å². The molecule has 1 heterocycles. The van der Waals surface area contributed by atoms with Crippen molar-refractivity contribution in [2.24, 2.45) is 0 Å². The maximum absolute atomic E-state index is 13.3. The van der Waals surface area contributed by atoms with Gasteiger partial charge in [-0.2, -0.15) is 0 Å². The van der Waals surface area contributed by atoms with Gasteiger partial charge in [0, 0.05) is 39.1 Å². The summed E-state index contributed by atoms with van der Waals surface area (Å²) in [5.74, 6) is -2.50. The lowest BCUT2D eigenvalue weighted by Crippen LogP contribution is -2.60. The molecule has 5 heteroatoms. The molecule has 1 unspecified atom stereocenters. The maximum Gasteiger partial charge on any atom is 0.248 e. The van der Waals surface area contributed by atoms with Gasteiger partial charge < -0.3 is 14.8 Å². The highest BCUT2D eigenvalue weighted by Gasteiger charge is 2.49. The molecule has 1 saturated heterocycles. The molecule has 2 fully saturated rings. The summed E-state index contributed by atoms with van der Waals surface area (Å²) in [6, 6.07) is 0.192. The minimum absolute atomic E-state index is 0.0462. The SMILES string of the molecule is COCCCC1NCCOC12CCC(F)(F)CC2. The van der Waals surface area contributed by atoms with Crippen molar-refractivity contribution in [2.75, 3.05) is 26.9 Å². The van der Waals surface area contributed by atoms with Crippen LogP contribution in [0, 0.1) is 0 Å². The van der Waals surface area contributed by atoms with Crippen LogP contribution in [0.5, 0.6) is 0 Å². The Hall–Kier alpha value is -0.260. The average molecular weight is 263 g/mol. The molecule has 3 nitrogen and oxygen atoms in total. The number of methoxy groups -OCH3 is 1. The summed E-state index contributed by atoms with van der Waals surface area (Å²) in [4.78, 5) is 0. The van der Waals surface area contributed by atoms with Crippen LogP contribution in [0.15, 0.2) is 0 Å². The second-order valence-electron chi connectivity index (χ2n) is 5.41. The predicted octanol–water partition coefficient (Wildman–Crippen LogP) is 2.35. The van der Waals surface area contributed by atoms with E-state index in [1.54, 1.807) is 7.11 Å². The summed E-state index contributed by atoms with van der Waals surface area (Å²) in [6.07, 6.45) is 2.70. The van der Waals surface area contributed by atoms with Gasteiger partial charge in [-0.05, 0) is 25.7 Å². The Kier molecular flexibility index (Phi) is 4.56. The van der Waals surface area contributed by atoms with E-state index in [0.717, 1.165) is 19.4 Å². The highest BCUT2D eigenvalue weighted by Crippen LogP contribution is 2.43. The van der Waals surface area contributed by atoms with E-state index in [-0.39, 0.29) is 24.5 Å². The highest BCUT2D eigenvalue weighted by atomic mass is 19.3. The van der Waals surface area contributed by atoms with Gasteiger partial charge in [-0.1, -0.05) is 0 Å². The Morgan fingerprint density at radius 2 is 2.00 bits per heavy atom. The van der Waals surface area contributed by atoms with Crippen LogP contribution in [0.1, 0.15) is 38.5 Å². The zero-order chi connectivity index (χ0) is 13.1. The van der Waals surface area contributed by atoms with Gasteiger partial charge in [-0.15, -0.1) is 0 Å².